The van der Waals surface area contributed by atoms with Gasteiger partial charge in [-0.15, -0.1) is 0 Å². The minimum atomic E-state index is 0.563. The predicted molar refractivity (Wildman–Crippen MR) is 75.2 cm³/mol. The van der Waals surface area contributed by atoms with Crippen LogP contribution in [0.1, 0.15) is 11.3 Å². The van der Waals surface area contributed by atoms with E-state index in [4.69, 9.17) is 14.7 Å². The summed E-state index contributed by atoms with van der Waals surface area (Å²) >= 11 is 1.46. The van der Waals surface area contributed by atoms with E-state index in [0.717, 1.165) is 22.1 Å². The number of ether oxygens (including phenoxy) is 2. The van der Waals surface area contributed by atoms with Crippen LogP contribution in [0.4, 0.5) is 0 Å². The topological polar surface area (TPSA) is 55.1 Å². The quantitative estimate of drug-likeness (QED) is 0.847. The van der Waals surface area contributed by atoms with Crippen molar-refractivity contribution in [3.8, 4) is 17.6 Å². The molecular formula is C15H12N2O2S. The lowest BCUT2D eigenvalue weighted by molar-refractivity contribution is 0.171. The molecule has 0 radical (unpaired) electrons. The molecule has 20 heavy (non-hydrogen) atoms. The van der Waals surface area contributed by atoms with Crippen molar-refractivity contribution in [1.29, 1.82) is 5.26 Å². The normalized spacial score (nSPS) is 12.8. The summed E-state index contributed by atoms with van der Waals surface area (Å²) in [6, 6.07) is 11.6. The number of nitrogens with zero attached hydrogens (tertiary/aromatic N) is 2. The van der Waals surface area contributed by atoms with Gasteiger partial charge in [-0.05, 0) is 37.3 Å². The molecule has 1 aromatic heterocycles. The summed E-state index contributed by atoms with van der Waals surface area (Å²) < 4.78 is 11.0. The molecule has 0 fully saturated rings. The highest BCUT2D eigenvalue weighted by Crippen LogP contribution is 2.37. The highest BCUT2D eigenvalue weighted by Gasteiger charge is 2.13. The van der Waals surface area contributed by atoms with Crippen LogP contribution in [-0.2, 0) is 0 Å². The minimum Gasteiger partial charge on any atom is -0.486 e. The van der Waals surface area contributed by atoms with Crippen molar-refractivity contribution < 1.29 is 9.47 Å². The number of hydrogen-bond acceptors (Lipinski definition) is 5. The third-order valence-corrected chi connectivity index (χ3v) is 3.84. The molecule has 1 aliphatic heterocycles. The van der Waals surface area contributed by atoms with Gasteiger partial charge in [0.15, 0.2) is 11.5 Å². The van der Waals surface area contributed by atoms with Gasteiger partial charge in [0.05, 0.1) is 5.56 Å². The van der Waals surface area contributed by atoms with Gasteiger partial charge in [0.2, 0.25) is 0 Å². The number of hydrogen-bond donors (Lipinski definition) is 0. The average molecular weight is 284 g/mol. The Labute approximate surface area is 121 Å². The van der Waals surface area contributed by atoms with Crippen LogP contribution in [-0.4, -0.2) is 18.2 Å². The van der Waals surface area contributed by atoms with Crippen LogP contribution in [0, 0.1) is 18.3 Å². The monoisotopic (exact) mass is 284 g/mol. The zero-order chi connectivity index (χ0) is 13.9. The molecule has 2 aromatic rings. The third kappa shape index (κ3) is 2.56. The molecule has 1 aliphatic rings. The molecule has 0 unspecified atom stereocenters. The van der Waals surface area contributed by atoms with Gasteiger partial charge in [0.25, 0.3) is 0 Å². The molecule has 0 amide bonds. The van der Waals surface area contributed by atoms with Gasteiger partial charge in [-0.1, -0.05) is 11.8 Å². The number of rotatable bonds is 2. The lowest BCUT2D eigenvalue weighted by Gasteiger charge is -2.18. The third-order valence-electron chi connectivity index (χ3n) is 2.85. The van der Waals surface area contributed by atoms with Gasteiger partial charge in [0.1, 0.15) is 24.3 Å². The lowest BCUT2D eigenvalue weighted by Crippen LogP contribution is -2.15. The molecule has 100 valence electrons. The zero-order valence-electron chi connectivity index (χ0n) is 10.9. The first-order valence-electron chi connectivity index (χ1n) is 6.21. The fourth-order valence-corrected chi connectivity index (χ4v) is 2.83. The van der Waals surface area contributed by atoms with E-state index in [2.05, 4.69) is 11.1 Å². The molecule has 0 N–H and O–H groups in total. The molecular weight excluding hydrogens is 272 g/mol. The molecule has 1 aromatic carbocycles. The summed E-state index contributed by atoms with van der Waals surface area (Å²) in [7, 11) is 0. The Morgan fingerprint density at radius 3 is 2.75 bits per heavy atom. The van der Waals surface area contributed by atoms with Crippen molar-refractivity contribution >= 4 is 11.8 Å². The highest BCUT2D eigenvalue weighted by atomic mass is 32.2. The second kappa shape index (κ2) is 5.43. The van der Waals surface area contributed by atoms with Crippen LogP contribution < -0.4 is 9.47 Å². The van der Waals surface area contributed by atoms with Gasteiger partial charge >= 0.3 is 0 Å². The summed E-state index contributed by atoms with van der Waals surface area (Å²) in [6.45, 7) is 3.06. The first-order valence-corrected chi connectivity index (χ1v) is 7.03. The Kier molecular flexibility index (Phi) is 3.48. The van der Waals surface area contributed by atoms with Crippen LogP contribution in [0.15, 0.2) is 40.3 Å². The van der Waals surface area contributed by atoms with E-state index < -0.39 is 0 Å². The predicted octanol–water partition coefficient (Wildman–Crippen LogP) is 3.18. The highest BCUT2D eigenvalue weighted by molar-refractivity contribution is 7.99. The van der Waals surface area contributed by atoms with Crippen LogP contribution in [0.2, 0.25) is 0 Å². The van der Waals surface area contributed by atoms with Crippen molar-refractivity contribution in [2.45, 2.75) is 16.8 Å². The Hall–Kier alpha value is -2.19. The Balaban J connectivity index is 1.92. The molecule has 0 aliphatic carbocycles. The standard InChI is InChI=1S/C15H12N2O2S/c1-10-2-3-11(9-16)15(17-10)20-12-4-5-13-14(8-12)19-7-6-18-13/h2-5,8H,6-7H2,1H3. The van der Waals surface area contributed by atoms with Gasteiger partial charge < -0.3 is 9.47 Å². The smallest absolute Gasteiger partial charge is 0.162 e. The van der Waals surface area contributed by atoms with Crippen LogP contribution in [0.25, 0.3) is 0 Å². The molecule has 0 saturated carbocycles. The number of aromatic nitrogens is 1. The van der Waals surface area contributed by atoms with E-state index in [1.54, 1.807) is 6.07 Å². The number of fused-ring (bicyclic) bond motifs is 1. The fourth-order valence-electron chi connectivity index (χ4n) is 1.89. The van der Waals surface area contributed by atoms with E-state index in [9.17, 15) is 0 Å². The maximum Gasteiger partial charge on any atom is 0.162 e. The van der Waals surface area contributed by atoms with Gasteiger partial charge in [-0.3, -0.25) is 0 Å². The second-order valence-electron chi connectivity index (χ2n) is 4.32. The van der Waals surface area contributed by atoms with Crippen molar-refractivity contribution in [3.63, 3.8) is 0 Å². The molecule has 0 saturated heterocycles. The van der Waals surface area contributed by atoms with E-state index in [1.165, 1.54) is 11.8 Å². The first kappa shape index (κ1) is 12.8. The van der Waals surface area contributed by atoms with E-state index in [-0.39, 0.29) is 0 Å². The van der Waals surface area contributed by atoms with Crippen molar-refractivity contribution in [2.24, 2.45) is 0 Å². The van der Waals surface area contributed by atoms with Crippen molar-refractivity contribution in [1.82, 2.24) is 4.98 Å². The summed E-state index contributed by atoms with van der Waals surface area (Å²) in [5, 5.41) is 9.84. The number of nitriles is 1. The van der Waals surface area contributed by atoms with Crippen LogP contribution in [0.3, 0.4) is 0 Å². The largest absolute Gasteiger partial charge is 0.486 e. The summed E-state index contributed by atoms with van der Waals surface area (Å²) in [4.78, 5) is 5.40. The van der Waals surface area contributed by atoms with Crippen LogP contribution >= 0.6 is 11.8 Å². The number of pyridine rings is 1. The summed E-state index contributed by atoms with van der Waals surface area (Å²) in [6.07, 6.45) is 0. The number of aryl methyl sites for hydroxylation is 1. The fraction of sp³-hybridized carbons (Fsp3) is 0.200. The van der Waals surface area contributed by atoms with E-state index in [1.807, 2.05) is 31.2 Å². The molecule has 0 bridgehead atoms. The second-order valence-corrected chi connectivity index (χ2v) is 5.39. The SMILES string of the molecule is Cc1ccc(C#N)c(Sc2ccc3c(c2)OCCO3)n1. The molecule has 2 heterocycles. The first-order chi connectivity index (χ1) is 9.76. The van der Waals surface area contributed by atoms with E-state index >= 15 is 0 Å². The Bertz CT molecular complexity index is 695. The molecule has 4 nitrogen and oxygen atoms in total. The lowest BCUT2D eigenvalue weighted by atomic mass is 10.3. The van der Waals surface area contributed by atoms with Gasteiger partial charge in [0, 0.05) is 10.6 Å². The van der Waals surface area contributed by atoms with Crippen molar-refractivity contribution in [2.75, 3.05) is 13.2 Å². The van der Waals surface area contributed by atoms with Gasteiger partial charge in [-0.25, -0.2) is 4.98 Å². The van der Waals surface area contributed by atoms with E-state index in [0.29, 0.717) is 23.8 Å². The molecule has 0 spiro atoms. The van der Waals surface area contributed by atoms with Gasteiger partial charge in [-0.2, -0.15) is 5.26 Å². The molecule has 0 atom stereocenters. The summed E-state index contributed by atoms with van der Waals surface area (Å²) in [5.41, 5.74) is 1.47. The molecule has 5 heteroatoms. The number of benzene rings is 1. The minimum absolute atomic E-state index is 0.563. The summed E-state index contributed by atoms with van der Waals surface area (Å²) in [5.74, 6) is 1.51. The van der Waals surface area contributed by atoms with Crippen molar-refractivity contribution in [3.05, 3.63) is 41.6 Å². The maximum absolute atomic E-state index is 9.13. The zero-order valence-corrected chi connectivity index (χ0v) is 11.7. The Morgan fingerprint density at radius 1 is 1.15 bits per heavy atom. The molecule has 3 rings (SSSR count). The average Bonchev–Trinajstić information content (AvgIpc) is 2.47. The van der Waals surface area contributed by atoms with Crippen LogP contribution in [0.5, 0.6) is 11.5 Å². The Morgan fingerprint density at radius 2 is 1.95 bits per heavy atom. The maximum atomic E-state index is 9.13.